The lowest BCUT2D eigenvalue weighted by molar-refractivity contribution is 0.186. The van der Waals surface area contributed by atoms with Crippen LogP contribution in [0.25, 0.3) is 0 Å². The van der Waals surface area contributed by atoms with Crippen molar-refractivity contribution in [2.75, 3.05) is 25.5 Å². The summed E-state index contributed by atoms with van der Waals surface area (Å²) in [6.45, 7) is 1.63. The molecule has 5 nitrogen and oxygen atoms in total. The molecule has 1 aromatic rings. The van der Waals surface area contributed by atoms with Crippen LogP contribution in [0, 0.1) is 5.92 Å². The van der Waals surface area contributed by atoms with Crippen LogP contribution in [0.1, 0.15) is 6.42 Å². The maximum Gasteiger partial charge on any atom is 0.242 e. The second-order valence-corrected chi connectivity index (χ2v) is 6.44. The first-order valence-electron chi connectivity index (χ1n) is 5.61. The average molecular weight is 291 g/mol. The van der Waals surface area contributed by atoms with E-state index in [1.54, 1.807) is 6.07 Å². The van der Waals surface area contributed by atoms with Gasteiger partial charge in [0, 0.05) is 18.2 Å². The number of nitrogen functional groups attached to an aromatic ring is 1. The van der Waals surface area contributed by atoms with Gasteiger partial charge in [-0.2, -0.15) is 0 Å². The molecule has 1 unspecified atom stereocenters. The van der Waals surface area contributed by atoms with E-state index in [0.717, 1.165) is 6.42 Å². The number of nitrogens with one attached hydrogen (secondary N) is 1. The molecule has 1 saturated heterocycles. The van der Waals surface area contributed by atoms with Gasteiger partial charge in [-0.25, -0.2) is 13.1 Å². The van der Waals surface area contributed by atoms with Crippen molar-refractivity contribution in [1.29, 1.82) is 0 Å². The number of hydrogen-bond acceptors (Lipinski definition) is 4. The first-order valence-corrected chi connectivity index (χ1v) is 7.47. The summed E-state index contributed by atoms with van der Waals surface area (Å²) >= 11 is 5.78. The number of hydrogen-bond donors (Lipinski definition) is 2. The third-order valence-electron chi connectivity index (χ3n) is 2.85. The summed E-state index contributed by atoms with van der Waals surface area (Å²) in [7, 11) is -3.62. The Morgan fingerprint density at radius 2 is 2.28 bits per heavy atom. The van der Waals surface area contributed by atoms with E-state index in [4.69, 9.17) is 22.1 Å². The molecule has 100 valence electrons. The normalized spacial score (nSPS) is 20.2. The molecule has 0 aliphatic carbocycles. The largest absolute Gasteiger partial charge is 0.398 e. The fourth-order valence-electron chi connectivity index (χ4n) is 1.79. The zero-order chi connectivity index (χ0) is 13.2. The van der Waals surface area contributed by atoms with Crippen LogP contribution in [0.4, 0.5) is 5.69 Å². The molecule has 18 heavy (non-hydrogen) atoms. The number of nitrogens with two attached hydrogens (primary N) is 1. The van der Waals surface area contributed by atoms with Crippen LogP contribution in [0.5, 0.6) is 0 Å². The molecule has 1 aromatic carbocycles. The summed E-state index contributed by atoms with van der Waals surface area (Å²) < 4.78 is 31.9. The van der Waals surface area contributed by atoms with E-state index in [9.17, 15) is 8.42 Å². The second kappa shape index (κ2) is 5.44. The van der Waals surface area contributed by atoms with Gasteiger partial charge in [0.2, 0.25) is 10.0 Å². The zero-order valence-electron chi connectivity index (χ0n) is 9.73. The van der Waals surface area contributed by atoms with Gasteiger partial charge >= 0.3 is 0 Å². The molecule has 0 aromatic heterocycles. The van der Waals surface area contributed by atoms with Gasteiger partial charge in [0.25, 0.3) is 0 Å². The van der Waals surface area contributed by atoms with E-state index in [0.29, 0.717) is 24.8 Å². The fourth-order valence-corrected chi connectivity index (χ4v) is 3.30. The Morgan fingerprint density at radius 1 is 1.50 bits per heavy atom. The van der Waals surface area contributed by atoms with Gasteiger partial charge in [0.05, 0.1) is 12.3 Å². The number of rotatable bonds is 4. The highest BCUT2D eigenvalue weighted by atomic mass is 35.5. The molecule has 1 atom stereocenters. The third-order valence-corrected chi connectivity index (χ3v) is 4.57. The number of ether oxygens (including phenoxy) is 1. The number of benzene rings is 1. The Hall–Kier alpha value is -0.820. The molecular formula is C11H15ClN2O3S. The molecule has 0 bridgehead atoms. The minimum Gasteiger partial charge on any atom is -0.398 e. The molecule has 2 rings (SSSR count). The van der Waals surface area contributed by atoms with E-state index < -0.39 is 10.0 Å². The van der Waals surface area contributed by atoms with Gasteiger partial charge in [0.1, 0.15) is 4.90 Å². The van der Waals surface area contributed by atoms with E-state index >= 15 is 0 Å². The highest BCUT2D eigenvalue weighted by molar-refractivity contribution is 7.89. The molecule has 1 aliphatic heterocycles. The Labute approximate surface area is 111 Å². The molecule has 0 saturated carbocycles. The summed E-state index contributed by atoms with van der Waals surface area (Å²) in [5.41, 5.74) is 5.85. The summed E-state index contributed by atoms with van der Waals surface area (Å²) in [5, 5.41) is 0.341. The van der Waals surface area contributed by atoms with E-state index in [-0.39, 0.29) is 16.5 Å². The van der Waals surface area contributed by atoms with Crippen LogP contribution in [-0.4, -0.2) is 28.2 Å². The molecule has 1 aliphatic rings. The number of sulfonamides is 1. The Kier molecular flexibility index (Phi) is 4.11. The Morgan fingerprint density at radius 3 is 2.94 bits per heavy atom. The maximum absolute atomic E-state index is 12.1. The van der Waals surface area contributed by atoms with Crippen LogP contribution in [0.15, 0.2) is 23.1 Å². The standard InChI is InChI=1S/C11H15ClN2O3S/c12-9-1-2-10(13)11(5-9)18(15,16)14-6-8-3-4-17-7-8/h1-2,5,8,14H,3-4,6-7,13H2. The van der Waals surface area contributed by atoms with Gasteiger partial charge in [-0.1, -0.05) is 11.6 Å². The lowest BCUT2D eigenvalue weighted by Gasteiger charge is -2.12. The molecule has 0 radical (unpaired) electrons. The molecular weight excluding hydrogens is 276 g/mol. The predicted molar refractivity (Wildman–Crippen MR) is 70.0 cm³/mol. The van der Waals surface area contributed by atoms with Crippen molar-refractivity contribution in [2.24, 2.45) is 5.92 Å². The van der Waals surface area contributed by atoms with Gasteiger partial charge in [-0.05, 0) is 30.5 Å². The first kappa shape index (κ1) is 13.6. The molecule has 0 spiro atoms. The van der Waals surface area contributed by atoms with Gasteiger partial charge in [-0.3, -0.25) is 0 Å². The molecule has 3 N–H and O–H groups in total. The number of anilines is 1. The van der Waals surface area contributed by atoms with Crippen LogP contribution in [0.3, 0.4) is 0 Å². The third kappa shape index (κ3) is 3.14. The molecule has 0 amide bonds. The van der Waals surface area contributed by atoms with Gasteiger partial charge < -0.3 is 10.5 Å². The van der Waals surface area contributed by atoms with Crippen molar-refractivity contribution < 1.29 is 13.2 Å². The molecule has 1 heterocycles. The second-order valence-electron chi connectivity index (χ2n) is 4.26. The monoisotopic (exact) mass is 290 g/mol. The smallest absolute Gasteiger partial charge is 0.242 e. The van der Waals surface area contributed by atoms with Gasteiger partial charge in [0.15, 0.2) is 0 Å². The summed E-state index contributed by atoms with van der Waals surface area (Å²) in [5.74, 6) is 0.222. The fraction of sp³-hybridized carbons (Fsp3) is 0.455. The topological polar surface area (TPSA) is 81.4 Å². The van der Waals surface area contributed by atoms with Crippen molar-refractivity contribution in [2.45, 2.75) is 11.3 Å². The maximum atomic E-state index is 12.1. The molecule has 1 fully saturated rings. The van der Waals surface area contributed by atoms with E-state index in [1.807, 2.05) is 0 Å². The average Bonchev–Trinajstić information content (AvgIpc) is 2.83. The van der Waals surface area contributed by atoms with E-state index in [2.05, 4.69) is 4.72 Å². The quantitative estimate of drug-likeness (QED) is 0.818. The predicted octanol–water partition coefficient (Wildman–Crippen LogP) is 1.24. The van der Waals surface area contributed by atoms with Crippen molar-refractivity contribution in [1.82, 2.24) is 4.72 Å². The minimum absolute atomic E-state index is 0.0221. The zero-order valence-corrected chi connectivity index (χ0v) is 11.3. The van der Waals surface area contributed by atoms with Crippen molar-refractivity contribution in [3.05, 3.63) is 23.2 Å². The number of halogens is 1. The van der Waals surface area contributed by atoms with Crippen LogP contribution >= 0.6 is 11.6 Å². The molecule has 7 heteroatoms. The highest BCUT2D eigenvalue weighted by Gasteiger charge is 2.22. The summed E-state index contributed by atoms with van der Waals surface area (Å²) in [6.07, 6.45) is 0.869. The van der Waals surface area contributed by atoms with Crippen LogP contribution < -0.4 is 10.5 Å². The SMILES string of the molecule is Nc1ccc(Cl)cc1S(=O)(=O)NCC1CCOC1. The van der Waals surface area contributed by atoms with Gasteiger partial charge in [-0.15, -0.1) is 0 Å². The van der Waals surface area contributed by atoms with Crippen molar-refractivity contribution >= 4 is 27.3 Å². The van der Waals surface area contributed by atoms with Crippen LogP contribution in [0.2, 0.25) is 5.02 Å². The van der Waals surface area contributed by atoms with Crippen LogP contribution in [-0.2, 0) is 14.8 Å². The van der Waals surface area contributed by atoms with Crippen molar-refractivity contribution in [3.63, 3.8) is 0 Å². The highest BCUT2D eigenvalue weighted by Crippen LogP contribution is 2.22. The Balaban J connectivity index is 2.12. The minimum atomic E-state index is -3.62. The summed E-state index contributed by atoms with van der Waals surface area (Å²) in [4.78, 5) is 0.0221. The van der Waals surface area contributed by atoms with E-state index in [1.165, 1.54) is 12.1 Å². The Bertz CT molecular complexity index is 527. The van der Waals surface area contributed by atoms with Crippen molar-refractivity contribution in [3.8, 4) is 0 Å². The first-order chi connectivity index (χ1) is 8.49. The lowest BCUT2D eigenvalue weighted by Crippen LogP contribution is -2.30. The lowest BCUT2D eigenvalue weighted by atomic mass is 10.1. The summed E-state index contributed by atoms with van der Waals surface area (Å²) in [6, 6.07) is 4.39.